The van der Waals surface area contributed by atoms with Gasteiger partial charge in [0.15, 0.2) is 0 Å². The first-order valence-corrected chi connectivity index (χ1v) is 7.58. The van der Waals surface area contributed by atoms with Crippen LogP contribution in [-0.4, -0.2) is 39.6 Å². The lowest BCUT2D eigenvalue weighted by Crippen LogP contribution is -2.28. The van der Waals surface area contributed by atoms with Crippen molar-refractivity contribution in [2.45, 2.75) is 11.3 Å². The van der Waals surface area contributed by atoms with Crippen LogP contribution in [0.1, 0.15) is 5.56 Å². The Bertz CT molecular complexity index is 609. The fourth-order valence-electron chi connectivity index (χ4n) is 1.36. The maximum Gasteiger partial charge on any atom is 0.261 e. The van der Waals surface area contributed by atoms with E-state index in [1.54, 1.807) is 0 Å². The van der Waals surface area contributed by atoms with E-state index in [4.69, 9.17) is 5.73 Å². The van der Waals surface area contributed by atoms with Gasteiger partial charge in [-0.15, -0.1) is 0 Å². The lowest BCUT2D eigenvalue weighted by Gasteiger charge is -2.09. The van der Waals surface area contributed by atoms with E-state index in [1.807, 2.05) is 0 Å². The predicted molar refractivity (Wildman–Crippen MR) is 74.3 cm³/mol. The minimum Gasteiger partial charge on any atom is -0.389 e. The molecular formula is C11H13F3N2O3S2. The number of hydrogen-bond donors (Lipinski definition) is 2. The Morgan fingerprint density at radius 2 is 2.10 bits per heavy atom. The predicted octanol–water partition coefficient (Wildman–Crippen LogP) is 1.02. The number of ether oxygens (including phenoxy) is 1. The van der Waals surface area contributed by atoms with E-state index >= 15 is 0 Å². The van der Waals surface area contributed by atoms with Crippen molar-refractivity contribution in [3.05, 3.63) is 29.6 Å². The summed E-state index contributed by atoms with van der Waals surface area (Å²) in [7, 11) is -3.93. The molecule has 5 nitrogen and oxygen atoms in total. The van der Waals surface area contributed by atoms with Crippen LogP contribution >= 0.6 is 12.2 Å². The highest BCUT2D eigenvalue weighted by atomic mass is 32.2. The van der Waals surface area contributed by atoms with Gasteiger partial charge in [0.25, 0.3) is 6.43 Å². The Balaban J connectivity index is 2.70. The summed E-state index contributed by atoms with van der Waals surface area (Å²) < 4.78 is 67.4. The summed E-state index contributed by atoms with van der Waals surface area (Å²) in [5.74, 6) is -0.735. The maximum atomic E-state index is 13.4. The molecule has 0 heterocycles. The first-order valence-electron chi connectivity index (χ1n) is 5.69. The number of rotatable bonds is 8. The molecule has 0 aliphatic carbocycles. The number of benzene rings is 1. The fraction of sp³-hybridized carbons (Fsp3) is 0.364. The maximum absolute atomic E-state index is 13.4. The highest BCUT2D eigenvalue weighted by Crippen LogP contribution is 2.15. The molecule has 0 aliphatic rings. The Morgan fingerprint density at radius 3 is 2.67 bits per heavy atom. The first-order chi connectivity index (χ1) is 9.74. The molecule has 0 saturated heterocycles. The van der Waals surface area contributed by atoms with Crippen LogP contribution in [0.3, 0.4) is 0 Å². The van der Waals surface area contributed by atoms with E-state index in [2.05, 4.69) is 21.7 Å². The second-order valence-electron chi connectivity index (χ2n) is 3.87. The van der Waals surface area contributed by atoms with Crippen LogP contribution in [0, 0.1) is 5.82 Å². The van der Waals surface area contributed by atoms with Crippen LogP contribution in [0.15, 0.2) is 23.1 Å². The van der Waals surface area contributed by atoms with Crippen molar-refractivity contribution < 1.29 is 26.3 Å². The molecule has 10 heteroatoms. The van der Waals surface area contributed by atoms with Gasteiger partial charge in [-0.1, -0.05) is 12.2 Å². The van der Waals surface area contributed by atoms with Crippen molar-refractivity contribution >= 4 is 27.2 Å². The van der Waals surface area contributed by atoms with Gasteiger partial charge in [-0.2, -0.15) is 0 Å². The van der Waals surface area contributed by atoms with E-state index in [0.717, 1.165) is 18.2 Å². The number of nitrogens with one attached hydrogen (secondary N) is 1. The van der Waals surface area contributed by atoms with Gasteiger partial charge in [0.2, 0.25) is 10.0 Å². The number of alkyl halides is 2. The topological polar surface area (TPSA) is 81.4 Å². The summed E-state index contributed by atoms with van der Waals surface area (Å²) in [5.41, 5.74) is 5.09. The molecule has 1 aromatic rings. The molecule has 0 unspecified atom stereocenters. The molecule has 1 aromatic carbocycles. The average molecular weight is 342 g/mol. The van der Waals surface area contributed by atoms with Gasteiger partial charge < -0.3 is 10.5 Å². The zero-order valence-corrected chi connectivity index (χ0v) is 12.3. The van der Waals surface area contributed by atoms with Crippen LogP contribution < -0.4 is 10.5 Å². The van der Waals surface area contributed by atoms with Crippen molar-refractivity contribution in [3.8, 4) is 0 Å². The lowest BCUT2D eigenvalue weighted by molar-refractivity contribution is 0.0199. The molecule has 0 radical (unpaired) electrons. The summed E-state index contributed by atoms with van der Waals surface area (Å²) in [6.07, 6.45) is -2.62. The number of sulfonamides is 1. The van der Waals surface area contributed by atoms with E-state index < -0.39 is 28.9 Å². The fourth-order valence-corrected chi connectivity index (χ4v) is 2.56. The average Bonchev–Trinajstić information content (AvgIpc) is 2.37. The largest absolute Gasteiger partial charge is 0.389 e. The SMILES string of the molecule is NC(=S)c1cc(S(=O)(=O)NCCOCC(F)F)ccc1F. The van der Waals surface area contributed by atoms with E-state index in [-0.39, 0.29) is 28.6 Å². The number of thiocarbonyl (C=S) groups is 1. The minimum absolute atomic E-state index is 0.193. The molecule has 0 atom stereocenters. The summed E-state index contributed by atoms with van der Waals surface area (Å²) >= 11 is 4.61. The molecule has 21 heavy (non-hydrogen) atoms. The molecule has 0 amide bonds. The molecule has 1 rings (SSSR count). The normalized spacial score (nSPS) is 11.8. The molecule has 0 aliphatic heterocycles. The smallest absolute Gasteiger partial charge is 0.261 e. The first kappa shape index (κ1) is 17.8. The van der Waals surface area contributed by atoms with Gasteiger partial charge in [-0.3, -0.25) is 0 Å². The van der Waals surface area contributed by atoms with Crippen LogP contribution in [0.4, 0.5) is 13.2 Å². The third kappa shape index (κ3) is 5.58. The zero-order chi connectivity index (χ0) is 16.0. The Labute approximate surface area is 125 Å². The summed E-state index contributed by atoms with van der Waals surface area (Å²) in [5, 5.41) is 0. The number of nitrogens with two attached hydrogens (primary N) is 1. The van der Waals surface area contributed by atoms with E-state index in [9.17, 15) is 21.6 Å². The Morgan fingerprint density at radius 1 is 1.43 bits per heavy atom. The van der Waals surface area contributed by atoms with Crippen LogP contribution in [0.2, 0.25) is 0 Å². The second-order valence-corrected chi connectivity index (χ2v) is 6.08. The van der Waals surface area contributed by atoms with Gasteiger partial charge in [0, 0.05) is 12.1 Å². The highest BCUT2D eigenvalue weighted by molar-refractivity contribution is 7.89. The van der Waals surface area contributed by atoms with E-state index in [0.29, 0.717) is 0 Å². The van der Waals surface area contributed by atoms with Crippen molar-refractivity contribution in [1.29, 1.82) is 0 Å². The van der Waals surface area contributed by atoms with Gasteiger partial charge in [-0.25, -0.2) is 26.3 Å². The lowest BCUT2D eigenvalue weighted by atomic mass is 10.2. The van der Waals surface area contributed by atoms with Gasteiger partial charge in [-0.05, 0) is 18.2 Å². The third-order valence-corrected chi connectivity index (χ3v) is 3.97. The van der Waals surface area contributed by atoms with Crippen LogP contribution in [0.25, 0.3) is 0 Å². The minimum atomic E-state index is -3.93. The van der Waals surface area contributed by atoms with Gasteiger partial charge in [0.1, 0.15) is 17.4 Å². The van der Waals surface area contributed by atoms with Gasteiger partial charge >= 0.3 is 0 Å². The standard InChI is InChI=1S/C11H13F3N2O3S2/c12-9-2-1-7(5-8(9)11(15)20)21(17,18)16-3-4-19-6-10(13)14/h1-2,5,10,16H,3-4,6H2,(H2,15,20). The number of hydrogen-bond acceptors (Lipinski definition) is 4. The Hall–Kier alpha value is -1.23. The third-order valence-electron chi connectivity index (χ3n) is 2.30. The molecule has 0 spiro atoms. The summed E-state index contributed by atoms with van der Waals surface area (Å²) in [6.45, 7) is -1.19. The van der Waals surface area contributed by atoms with E-state index in [1.165, 1.54) is 0 Å². The molecule has 0 bridgehead atoms. The van der Waals surface area contributed by atoms with Gasteiger partial charge in [0.05, 0.1) is 11.5 Å². The molecule has 118 valence electrons. The van der Waals surface area contributed by atoms with Crippen molar-refractivity contribution in [1.82, 2.24) is 4.72 Å². The molecule has 0 fully saturated rings. The van der Waals surface area contributed by atoms with Crippen molar-refractivity contribution in [2.75, 3.05) is 19.8 Å². The Kier molecular flexibility index (Phi) is 6.52. The summed E-state index contributed by atoms with van der Waals surface area (Å²) in [6, 6.07) is 2.97. The molecule has 3 N–H and O–H groups in total. The molecular weight excluding hydrogens is 329 g/mol. The molecule has 0 saturated carbocycles. The zero-order valence-electron chi connectivity index (χ0n) is 10.7. The second kappa shape index (κ2) is 7.69. The quantitative estimate of drug-likeness (QED) is 0.545. The van der Waals surface area contributed by atoms with Crippen molar-refractivity contribution in [3.63, 3.8) is 0 Å². The molecule has 0 aromatic heterocycles. The highest BCUT2D eigenvalue weighted by Gasteiger charge is 2.16. The monoisotopic (exact) mass is 342 g/mol. The van der Waals surface area contributed by atoms with Crippen molar-refractivity contribution in [2.24, 2.45) is 5.73 Å². The van der Waals surface area contributed by atoms with Crippen LogP contribution in [-0.2, 0) is 14.8 Å². The summed E-state index contributed by atoms with van der Waals surface area (Å²) in [4.78, 5) is -0.509. The number of halogens is 3. The van der Waals surface area contributed by atoms with Crippen LogP contribution in [0.5, 0.6) is 0 Å².